The van der Waals surface area contributed by atoms with E-state index in [2.05, 4.69) is 20.8 Å². The number of hydrogen-bond acceptors (Lipinski definition) is 8. The van der Waals surface area contributed by atoms with Crippen LogP contribution in [0.4, 0.5) is 11.4 Å². The SMILES string of the molecule is COc1ccccc1OCC(=O)Nc1cccc(NC(=O)c2ccc(OCc3noc(C)n3)cc2)c1. The van der Waals surface area contributed by atoms with E-state index in [1.807, 2.05) is 6.07 Å². The van der Waals surface area contributed by atoms with Gasteiger partial charge in [-0.15, -0.1) is 0 Å². The Kier molecular flexibility index (Phi) is 7.76. The maximum absolute atomic E-state index is 12.7. The minimum absolute atomic E-state index is 0.158. The van der Waals surface area contributed by atoms with Crippen LogP contribution in [-0.4, -0.2) is 35.7 Å². The Morgan fingerprint density at radius 1 is 0.889 bits per heavy atom. The van der Waals surface area contributed by atoms with Crippen molar-refractivity contribution >= 4 is 23.2 Å². The highest BCUT2D eigenvalue weighted by molar-refractivity contribution is 6.04. The van der Waals surface area contributed by atoms with Gasteiger partial charge in [0.25, 0.3) is 11.8 Å². The van der Waals surface area contributed by atoms with Gasteiger partial charge in [0.1, 0.15) is 5.75 Å². The molecule has 0 atom stereocenters. The highest BCUT2D eigenvalue weighted by Crippen LogP contribution is 2.25. The average Bonchev–Trinajstić information content (AvgIpc) is 3.32. The molecular weight excluding hydrogens is 464 g/mol. The molecule has 0 fully saturated rings. The van der Waals surface area contributed by atoms with Crippen molar-refractivity contribution in [2.75, 3.05) is 24.4 Å². The zero-order chi connectivity index (χ0) is 25.3. The second-order valence-electron chi connectivity index (χ2n) is 7.57. The van der Waals surface area contributed by atoms with Gasteiger partial charge in [-0.3, -0.25) is 9.59 Å². The van der Waals surface area contributed by atoms with Gasteiger partial charge in [0.05, 0.1) is 7.11 Å². The van der Waals surface area contributed by atoms with Gasteiger partial charge in [-0.2, -0.15) is 4.98 Å². The maximum Gasteiger partial charge on any atom is 0.262 e. The summed E-state index contributed by atoms with van der Waals surface area (Å²) >= 11 is 0. The van der Waals surface area contributed by atoms with Crippen molar-refractivity contribution in [1.82, 2.24) is 10.1 Å². The highest BCUT2D eigenvalue weighted by Gasteiger charge is 2.10. The summed E-state index contributed by atoms with van der Waals surface area (Å²) in [6.45, 7) is 1.66. The molecule has 0 saturated carbocycles. The number of hydrogen-bond donors (Lipinski definition) is 2. The molecule has 0 saturated heterocycles. The first-order chi connectivity index (χ1) is 17.5. The van der Waals surface area contributed by atoms with E-state index >= 15 is 0 Å². The lowest BCUT2D eigenvalue weighted by molar-refractivity contribution is -0.118. The van der Waals surface area contributed by atoms with Crippen LogP contribution in [0.25, 0.3) is 0 Å². The molecule has 36 heavy (non-hydrogen) atoms. The van der Waals surface area contributed by atoms with E-state index in [1.54, 1.807) is 73.7 Å². The van der Waals surface area contributed by atoms with Gasteiger partial charge in [-0.05, 0) is 54.6 Å². The number of carbonyl (C=O) groups excluding carboxylic acids is 2. The molecule has 10 nitrogen and oxygen atoms in total. The van der Waals surface area contributed by atoms with Gasteiger partial charge in [0.2, 0.25) is 11.7 Å². The second-order valence-corrected chi connectivity index (χ2v) is 7.57. The molecular formula is C26H24N4O6. The molecule has 10 heteroatoms. The number of nitrogens with zero attached hydrogens (tertiary/aromatic N) is 2. The molecule has 3 aromatic carbocycles. The summed E-state index contributed by atoms with van der Waals surface area (Å²) in [7, 11) is 1.53. The number of amides is 2. The van der Waals surface area contributed by atoms with Crippen LogP contribution in [0, 0.1) is 6.92 Å². The Hall–Kier alpha value is -4.86. The van der Waals surface area contributed by atoms with Crippen LogP contribution in [-0.2, 0) is 11.4 Å². The van der Waals surface area contributed by atoms with Gasteiger partial charge in [-0.25, -0.2) is 0 Å². The number of ether oxygens (including phenoxy) is 3. The van der Waals surface area contributed by atoms with Gasteiger partial charge < -0.3 is 29.4 Å². The Morgan fingerprint density at radius 3 is 2.31 bits per heavy atom. The van der Waals surface area contributed by atoms with Crippen molar-refractivity contribution < 1.29 is 28.3 Å². The molecule has 4 aromatic rings. The third-order valence-electron chi connectivity index (χ3n) is 4.89. The smallest absolute Gasteiger partial charge is 0.262 e. The fourth-order valence-electron chi connectivity index (χ4n) is 3.21. The van der Waals surface area contributed by atoms with E-state index in [4.69, 9.17) is 18.7 Å². The van der Waals surface area contributed by atoms with Gasteiger partial charge >= 0.3 is 0 Å². The highest BCUT2D eigenvalue weighted by atomic mass is 16.5. The number of aromatic nitrogens is 2. The zero-order valence-corrected chi connectivity index (χ0v) is 19.7. The van der Waals surface area contributed by atoms with Crippen LogP contribution in [0.1, 0.15) is 22.1 Å². The number of carbonyl (C=O) groups is 2. The molecule has 2 N–H and O–H groups in total. The topological polar surface area (TPSA) is 125 Å². The molecule has 1 heterocycles. The largest absolute Gasteiger partial charge is 0.493 e. The number of nitrogens with one attached hydrogen (secondary N) is 2. The number of benzene rings is 3. The summed E-state index contributed by atoms with van der Waals surface area (Å²) in [4.78, 5) is 29.1. The number of rotatable bonds is 10. The molecule has 184 valence electrons. The first-order valence-corrected chi connectivity index (χ1v) is 11.0. The minimum atomic E-state index is -0.351. The normalized spacial score (nSPS) is 10.4. The third-order valence-corrected chi connectivity index (χ3v) is 4.89. The minimum Gasteiger partial charge on any atom is -0.493 e. The van der Waals surface area contributed by atoms with E-state index in [0.717, 1.165) is 0 Å². The van der Waals surface area contributed by atoms with Crippen molar-refractivity contribution in [1.29, 1.82) is 0 Å². The standard InChI is InChI=1S/C26H24N4O6/c1-17-27-24(30-36-17)15-34-21-12-10-18(11-13-21)26(32)29-20-7-5-6-19(14-20)28-25(31)16-35-23-9-4-3-8-22(23)33-2/h3-14H,15-16H2,1-2H3,(H,28,31)(H,29,32). The predicted molar refractivity (Wildman–Crippen MR) is 131 cm³/mol. The lowest BCUT2D eigenvalue weighted by Crippen LogP contribution is -2.20. The van der Waals surface area contributed by atoms with Crippen LogP contribution < -0.4 is 24.8 Å². The summed E-state index contributed by atoms with van der Waals surface area (Å²) in [6.07, 6.45) is 0. The number of aryl methyl sites for hydroxylation is 1. The Labute approximate surface area is 207 Å². The number of para-hydroxylation sites is 2. The summed E-state index contributed by atoms with van der Waals surface area (Å²) < 4.78 is 21.2. The molecule has 0 aliphatic heterocycles. The average molecular weight is 489 g/mol. The quantitative estimate of drug-likeness (QED) is 0.340. The molecule has 0 radical (unpaired) electrons. The van der Waals surface area contributed by atoms with Crippen molar-refractivity contribution in [3.05, 3.63) is 90.1 Å². The third kappa shape index (κ3) is 6.60. The van der Waals surface area contributed by atoms with Crippen molar-refractivity contribution in [2.45, 2.75) is 13.5 Å². The van der Waals surface area contributed by atoms with E-state index < -0.39 is 0 Å². The summed E-state index contributed by atoms with van der Waals surface area (Å²) in [5.74, 6) is 1.82. The Morgan fingerprint density at radius 2 is 1.61 bits per heavy atom. The fraction of sp³-hybridized carbons (Fsp3) is 0.154. The number of methoxy groups -OCH3 is 1. The van der Waals surface area contributed by atoms with Gasteiger partial charge in [0.15, 0.2) is 24.7 Å². The molecule has 0 bridgehead atoms. The first-order valence-electron chi connectivity index (χ1n) is 11.0. The monoisotopic (exact) mass is 488 g/mol. The summed E-state index contributed by atoms with van der Waals surface area (Å²) in [5, 5.41) is 9.33. The molecule has 4 rings (SSSR count). The van der Waals surface area contributed by atoms with Crippen LogP contribution >= 0.6 is 0 Å². The molecule has 0 spiro atoms. The second kappa shape index (κ2) is 11.5. The Bertz CT molecular complexity index is 1340. The van der Waals surface area contributed by atoms with E-state index in [-0.39, 0.29) is 25.0 Å². The molecule has 0 aliphatic rings. The van der Waals surface area contributed by atoms with E-state index in [1.165, 1.54) is 7.11 Å². The van der Waals surface area contributed by atoms with Crippen LogP contribution in [0.5, 0.6) is 17.2 Å². The lowest BCUT2D eigenvalue weighted by atomic mass is 10.2. The lowest BCUT2D eigenvalue weighted by Gasteiger charge is -2.11. The Balaban J connectivity index is 1.29. The first kappa shape index (κ1) is 24.3. The van der Waals surface area contributed by atoms with Gasteiger partial charge in [-0.1, -0.05) is 23.4 Å². The zero-order valence-electron chi connectivity index (χ0n) is 19.7. The van der Waals surface area contributed by atoms with E-state index in [9.17, 15) is 9.59 Å². The predicted octanol–water partition coefficient (Wildman–Crippen LogP) is 4.24. The maximum atomic E-state index is 12.7. The van der Waals surface area contributed by atoms with Crippen molar-refractivity contribution in [3.8, 4) is 17.2 Å². The molecule has 1 aromatic heterocycles. The van der Waals surface area contributed by atoms with Crippen molar-refractivity contribution in [3.63, 3.8) is 0 Å². The van der Waals surface area contributed by atoms with Crippen molar-refractivity contribution in [2.24, 2.45) is 0 Å². The fourth-order valence-corrected chi connectivity index (χ4v) is 3.21. The van der Waals surface area contributed by atoms with Crippen LogP contribution in [0.3, 0.4) is 0 Å². The summed E-state index contributed by atoms with van der Waals surface area (Å²) in [5.41, 5.74) is 1.48. The van der Waals surface area contributed by atoms with Crippen LogP contribution in [0.15, 0.2) is 77.3 Å². The summed E-state index contributed by atoms with van der Waals surface area (Å²) in [6, 6.07) is 20.5. The molecule has 2 amide bonds. The molecule has 0 aliphatic carbocycles. The van der Waals surface area contributed by atoms with Gasteiger partial charge in [0, 0.05) is 23.9 Å². The van der Waals surface area contributed by atoms with Crippen LogP contribution in [0.2, 0.25) is 0 Å². The number of anilines is 2. The molecule has 0 unspecified atom stereocenters. The van der Waals surface area contributed by atoms with E-state index in [0.29, 0.717) is 45.9 Å².